The molecule has 0 amide bonds. The Kier molecular flexibility index (Phi) is 8.38. The summed E-state index contributed by atoms with van der Waals surface area (Å²) in [7, 11) is 0. The molecule has 0 saturated carbocycles. The molecule has 3 nitrogen and oxygen atoms in total. The summed E-state index contributed by atoms with van der Waals surface area (Å²) in [6.07, 6.45) is 2.48. The standard InChI is InChI=1S/C8H15N3.2C2H6/c1-6-7-4-8(11-10-6)2-3-9-5-7;2*1-2/h7-9,11H,2-5H2,1H3;2*1-2H3. The quantitative estimate of drug-likeness (QED) is 0.648. The third-order valence-corrected chi connectivity index (χ3v) is 2.64. The Bertz CT molecular complexity index is 178. The number of fused-ring (bicyclic) bond motifs is 2. The fraction of sp³-hybridized carbons (Fsp3) is 0.917. The van der Waals surface area contributed by atoms with Crippen LogP contribution in [0.1, 0.15) is 47.5 Å². The minimum atomic E-state index is 0.624. The highest BCUT2D eigenvalue weighted by Crippen LogP contribution is 2.17. The van der Waals surface area contributed by atoms with Crippen LogP contribution in [0.5, 0.6) is 0 Å². The third-order valence-electron chi connectivity index (χ3n) is 2.64. The summed E-state index contributed by atoms with van der Waals surface area (Å²) in [5.41, 5.74) is 4.45. The van der Waals surface area contributed by atoms with Crippen LogP contribution in [0, 0.1) is 5.92 Å². The van der Waals surface area contributed by atoms with Gasteiger partial charge in [-0.15, -0.1) is 0 Å². The van der Waals surface area contributed by atoms with Gasteiger partial charge >= 0.3 is 0 Å². The van der Waals surface area contributed by atoms with Crippen molar-refractivity contribution in [2.24, 2.45) is 11.0 Å². The number of hydrogen-bond donors (Lipinski definition) is 2. The first kappa shape index (κ1) is 14.4. The zero-order chi connectivity index (χ0) is 11.7. The summed E-state index contributed by atoms with van der Waals surface area (Å²) in [5.74, 6) is 0.684. The summed E-state index contributed by atoms with van der Waals surface area (Å²) < 4.78 is 0. The van der Waals surface area contributed by atoms with Gasteiger partial charge in [-0.05, 0) is 26.3 Å². The van der Waals surface area contributed by atoms with Gasteiger partial charge in [0.05, 0.1) is 0 Å². The second-order valence-electron chi connectivity index (χ2n) is 3.50. The van der Waals surface area contributed by atoms with Crippen LogP contribution in [-0.2, 0) is 0 Å². The Balaban J connectivity index is 0.000000442. The summed E-state index contributed by atoms with van der Waals surface area (Å²) in [6, 6.07) is 0.624. The van der Waals surface area contributed by atoms with Crippen molar-refractivity contribution in [2.45, 2.75) is 53.5 Å². The van der Waals surface area contributed by atoms with Crippen LogP contribution < -0.4 is 10.7 Å². The number of nitrogens with one attached hydrogen (secondary N) is 2. The van der Waals surface area contributed by atoms with Gasteiger partial charge in [-0.2, -0.15) is 5.10 Å². The predicted molar refractivity (Wildman–Crippen MR) is 68.3 cm³/mol. The second-order valence-corrected chi connectivity index (χ2v) is 3.50. The summed E-state index contributed by atoms with van der Waals surface area (Å²) in [5, 5.41) is 7.73. The Morgan fingerprint density at radius 1 is 1.20 bits per heavy atom. The monoisotopic (exact) mass is 213 g/mol. The van der Waals surface area contributed by atoms with E-state index < -0.39 is 0 Å². The maximum absolute atomic E-state index is 4.30. The van der Waals surface area contributed by atoms with Crippen LogP contribution in [0.3, 0.4) is 0 Å². The zero-order valence-electron chi connectivity index (χ0n) is 10.9. The van der Waals surface area contributed by atoms with E-state index in [4.69, 9.17) is 0 Å². The molecule has 2 N–H and O–H groups in total. The second kappa shape index (κ2) is 8.72. The van der Waals surface area contributed by atoms with Crippen molar-refractivity contribution in [1.82, 2.24) is 10.7 Å². The van der Waals surface area contributed by atoms with Gasteiger partial charge in [-0.1, -0.05) is 27.7 Å². The van der Waals surface area contributed by atoms with Crippen LogP contribution in [0.2, 0.25) is 0 Å². The van der Waals surface area contributed by atoms with Crippen molar-refractivity contribution in [3.05, 3.63) is 0 Å². The molecule has 2 unspecified atom stereocenters. The third kappa shape index (κ3) is 4.65. The lowest BCUT2D eigenvalue weighted by Crippen LogP contribution is -2.35. The molecule has 2 aliphatic rings. The highest BCUT2D eigenvalue weighted by molar-refractivity contribution is 5.84. The predicted octanol–water partition coefficient (Wildman–Crippen LogP) is 2.39. The molecule has 2 heterocycles. The lowest BCUT2D eigenvalue weighted by Gasteiger charge is -2.24. The van der Waals surface area contributed by atoms with Crippen LogP contribution in [0.25, 0.3) is 0 Å². The van der Waals surface area contributed by atoms with Gasteiger partial charge in [0.1, 0.15) is 0 Å². The molecule has 0 aliphatic carbocycles. The maximum atomic E-state index is 4.30. The van der Waals surface area contributed by atoms with Crippen molar-refractivity contribution in [2.75, 3.05) is 13.1 Å². The van der Waals surface area contributed by atoms with Crippen LogP contribution >= 0.6 is 0 Å². The van der Waals surface area contributed by atoms with E-state index in [0.29, 0.717) is 12.0 Å². The van der Waals surface area contributed by atoms with E-state index in [0.717, 1.165) is 13.1 Å². The Hall–Kier alpha value is -0.570. The van der Waals surface area contributed by atoms with Gasteiger partial charge < -0.3 is 10.7 Å². The number of nitrogens with zero attached hydrogens (tertiary/aromatic N) is 1. The molecule has 1 saturated heterocycles. The first-order valence-electron chi connectivity index (χ1n) is 6.36. The van der Waals surface area contributed by atoms with E-state index in [1.165, 1.54) is 18.6 Å². The van der Waals surface area contributed by atoms with Crippen molar-refractivity contribution in [1.29, 1.82) is 0 Å². The van der Waals surface area contributed by atoms with Crippen molar-refractivity contribution < 1.29 is 0 Å². The SMILES string of the molecule is CC.CC.CC1=NNC2CCNCC1C2. The number of hydrogen-bond acceptors (Lipinski definition) is 3. The first-order chi connectivity index (χ1) is 7.36. The van der Waals surface area contributed by atoms with Gasteiger partial charge in [0.25, 0.3) is 0 Å². The average molecular weight is 213 g/mol. The molecule has 0 spiro atoms. The zero-order valence-corrected chi connectivity index (χ0v) is 10.9. The van der Waals surface area contributed by atoms with E-state index in [-0.39, 0.29) is 0 Å². The van der Waals surface area contributed by atoms with Crippen LogP contribution in [0.4, 0.5) is 0 Å². The molecule has 2 rings (SSSR count). The molecule has 1 fully saturated rings. The molecule has 0 aromatic heterocycles. The molecule has 0 aromatic rings. The molecular weight excluding hydrogens is 186 g/mol. The van der Waals surface area contributed by atoms with Gasteiger partial charge in [0, 0.05) is 24.2 Å². The number of rotatable bonds is 0. The molecule has 2 bridgehead atoms. The molecule has 0 radical (unpaired) electrons. The van der Waals surface area contributed by atoms with Crippen LogP contribution in [0.15, 0.2) is 5.10 Å². The van der Waals surface area contributed by atoms with Crippen molar-refractivity contribution in [3.8, 4) is 0 Å². The largest absolute Gasteiger partial charge is 0.316 e. The highest BCUT2D eigenvalue weighted by Gasteiger charge is 2.24. The summed E-state index contributed by atoms with van der Waals surface area (Å²) in [6.45, 7) is 12.4. The Morgan fingerprint density at radius 2 is 1.87 bits per heavy atom. The summed E-state index contributed by atoms with van der Waals surface area (Å²) >= 11 is 0. The minimum absolute atomic E-state index is 0.624. The number of hydrazone groups is 1. The van der Waals surface area contributed by atoms with Gasteiger partial charge in [0.15, 0.2) is 0 Å². The fourth-order valence-electron chi connectivity index (χ4n) is 1.82. The molecule has 0 aromatic carbocycles. The average Bonchev–Trinajstić information content (AvgIpc) is 2.52. The van der Waals surface area contributed by atoms with E-state index in [1.54, 1.807) is 0 Å². The summed E-state index contributed by atoms with van der Waals surface area (Å²) in [4.78, 5) is 0. The van der Waals surface area contributed by atoms with Crippen molar-refractivity contribution in [3.63, 3.8) is 0 Å². The Labute approximate surface area is 94.7 Å². The van der Waals surface area contributed by atoms with Gasteiger partial charge in [-0.25, -0.2) is 0 Å². The van der Waals surface area contributed by atoms with E-state index in [9.17, 15) is 0 Å². The smallest absolute Gasteiger partial charge is 0.0459 e. The minimum Gasteiger partial charge on any atom is -0.316 e. The first-order valence-corrected chi connectivity index (χ1v) is 6.36. The van der Waals surface area contributed by atoms with Gasteiger partial charge in [-0.3, -0.25) is 0 Å². The van der Waals surface area contributed by atoms with Crippen LogP contribution in [-0.4, -0.2) is 24.8 Å². The van der Waals surface area contributed by atoms with E-state index >= 15 is 0 Å². The molecule has 3 heteroatoms. The molecule has 2 atom stereocenters. The normalized spacial score (nSPS) is 27.9. The maximum Gasteiger partial charge on any atom is 0.0459 e. The molecular formula is C12H27N3. The Morgan fingerprint density at radius 3 is 2.53 bits per heavy atom. The fourth-order valence-corrected chi connectivity index (χ4v) is 1.82. The van der Waals surface area contributed by atoms with E-state index in [2.05, 4.69) is 22.8 Å². The highest BCUT2D eigenvalue weighted by atomic mass is 15.3. The molecule has 90 valence electrons. The topological polar surface area (TPSA) is 36.4 Å². The van der Waals surface area contributed by atoms with Gasteiger partial charge in [0.2, 0.25) is 0 Å². The molecule has 15 heavy (non-hydrogen) atoms. The lowest BCUT2D eigenvalue weighted by atomic mass is 9.95. The lowest BCUT2D eigenvalue weighted by molar-refractivity contribution is 0.432. The molecule has 2 aliphatic heterocycles. The van der Waals surface area contributed by atoms with Crippen molar-refractivity contribution >= 4 is 5.71 Å². The van der Waals surface area contributed by atoms with E-state index in [1.807, 2.05) is 27.7 Å².